The molecule has 2 N–H and O–H groups in total. The topological polar surface area (TPSA) is 84.9 Å². The van der Waals surface area contributed by atoms with Crippen LogP contribution in [-0.4, -0.2) is 29.6 Å². The van der Waals surface area contributed by atoms with Crippen LogP contribution >= 0.6 is 0 Å². The highest BCUT2D eigenvalue weighted by Gasteiger charge is 2.30. The lowest BCUT2D eigenvalue weighted by Gasteiger charge is -2.15. The second kappa shape index (κ2) is 9.07. The highest BCUT2D eigenvalue weighted by molar-refractivity contribution is 5.84. The number of hydrogen-bond donors (Lipinski definition) is 2. The monoisotopic (exact) mass is 369 g/mol. The molecule has 0 bridgehead atoms. The molecule has 1 saturated carbocycles. The van der Waals surface area contributed by atoms with Crippen LogP contribution in [0.4, 0.5) is 0 Å². The van der Waals surface area contributed by atoms with Crippen LogP contribution in [0, 0.1) is 5.92 Å². The van der Waals surface area contributed by atoms with Gasteiger partial charge in [0.05, 0.1) is 0 Å². The Labute approximate surface area is 158 Å². The number of ether oxygens (including phenoxy) is 2. The van der Waals surface area contributed by atoms with E-state index in [0.29, 0.717) is 30.4 Å². The number of benzene rings is 2. The zero-order valence-electron chi connectivity index (χ0n) is 15.0. The van der Waals surface area contributed by atoms with E-state index in [0.717, 1.165) is 18.4 Å². The maximum atomic E-state index is 12.1. The normalized spacial score (nSPS) is 14.2. The van der Waals surface area contributed by atoms with Crippen molar-refractivity contribution < 1.29 is 24.2 Å². The Balaban J connectivity index is 1.52. The van der Waals surface area contributed by atoms with Gasteiger partial charge in [-0.15, -0.1) is 0 Å². The summed E-state index contributed by atoms with van der Waals surface area (Å²) >= 11 is 0. The number of amides is 1. The lowest BCUT2D eigenvalue weighted by molar-refractivity contribution is -0.142. The second-order valence-corrected chi connectivity index (χ2v) is 6.65. The number of aliphatic carboxylic acids is 1. The molecule has 0 spiro atoms. The van der Waals surface area contributed by atoms with E-state index in [2.05, 4.69) is 5.32 Å². The molecule has 1 aliphatic rings. The summed E-state index contributed by atoms with van der Waals surface area (Å²) in [6.45, 7) is 0.121. The van der Waals surface area contributed by atoms with Crippen LogP contribution in [0.1, 0.15) is 24.8 Å². The molecule has 0 radical (unpaired) electrons. The minimum Gasteiger partial charge on any atom is -0.485 e. The van der Waals surface area contributed by atoms with Crippen LogP contribution in [0.2, 0.25) is 0 Å². The van der Waals surface area contributed by atoms with Gasteiger partial charge in [0.25, 0.3) is 5.91 Å². The van der Waals surface area contributed by atoms with Gasteiger partial charge >= 0.3 is 5.97 Å². The fourth-order valence-corrected chi connectivity index (χ4v) is 2.71. The number of carboxylic acids is 1. The molecule has 1 amide bonds. The highest BCUT2D eigenvalue weighted by atomic mass is 16.5. The van der Waals surface area contributed by atoms with E-state index in [9.17, 15) is 14.7 Å². The summed E-state index contributed by atoms with van der Waals surface area (Å²) in [6.07, 6.45) is 2.53. The first-order chi connectivity index (χ1) is 13.1. The lowest BCUT2D eigenvalue weighted by Crippen LogP contribution is -2.43. The summed E-state index contributed by atoms with van der Waals surface area (Å²) in [4.78, 5) is 23.4. The van der Waals surface area contributed by atoms with Crippen molar-refractivity contribution in [2.45, 2.75) is 31.9 Å². The molecule has 1 aliphatic carbocycles. The quantitative estimate of drug-likeness (QED) is 0.672. The van der Waals surface area contributed by atoms with Gasteiger partial charge in [-0.2, -0.15) is 0 Å². The molecule has 0 aliphatic heterocycles. The Morgan fingerprint density at radius 3 is 2.26 bits per heavy atom. The lowest BCUT2D eigenvalue weighted by atomic mass is 10.1. The third-order valence-electron chi connectivity index (χ3n) is 4.34. The van der Waals surface area contributed by atoms with Crippen LogP contribution in [0.25, 0.3) is 0 Å². The summed E-state index contributed by atoms with van der Waals surface area (Å²) < 4.78 is 11.3. The Bertz CT molecular complexity index is 773. The van der Waals surface area contributed by atoms with Gasteiger partial charge in [0.2, 0.25) is 0 Å². The molecular formula is C21H23NO5. The smallest absolute Gasteiger partial charge is 0.326 e. The fourth-order valence-electron chi connectivity index (χ4n) is 2.71. The van der Waals surface area contributed by atoms with E-state index in [1.165, 1.54) is 0 Å². The van der Waals surface area contributed by atoms with E-state index in [-0.39, 0.29) is 6.61 Å². The van der Waals surface area contributed by atoms with Crippen molar-refractivity contribution in [3.8, 4) is 11.5 Å². The molecule has 0 heterocycles. The van der Waals surface area contributed by atoms with E-state index >= 15 is 0 Å². The first kappa shape index (κ1) is 18.8. The summed E-state index contributed by atoms with van der Waals surface area (Å²) in [7, 11) is 0. The molecule has 1 atom stereocenters. The molecule has 0 aromatic heterocycles. The summed E-state index contributed by atoms with van der Waals surface area (Å²) in [5.74, 6) is -0.0956. The maximum Gasteiger partial charge on any atom is 0.326 e. The van der Waals surface area contributed by atoms with E-state index < -0.39 is 17.9 Å². The van der Waals surface area contributed by atoms with Gasteiger partial charge in [0.15, 0.2) is 18.1 Å². The molecule has 2 aromatic carbocycles. The van der Waals surface area contributed by atoms with Crippen molar-refractivity contribution in [3.63, 3.8) is 0 Å². The molecule has 2 aromatic rings. The van der Waals surface area contributed by atoms with Gasteiger partial charge in [-0.25, -0.2) is 4.79 Å². The molecule has 1 unspecified atom stereocenters. The van der Waals surface area contributed by atoms with Crippen molar-refractivity contribution in [2.75, 3.05) is 6.61 Å². The van der Waals surface area contributed by atoms with E-state index in [1.54, 1.807) is 18.2 Å². The van der Waals surface area contributed by atoms with Crippen molar-refractivity contribution >= 4 is 11.9 Å². The molecular weight excluding hydrogens is 346 g/mol. The van der Waals surface area contributed by atoms with Crippen molar-refractivity contribution in [1.82, 2.24) is 5.32 Å². The predicted molar refractivity (Wildman–Crippen MR) is 99.6 cm³/mol. The molecule has 1 fully saturated rings. The number of hydrogen-bond acceptors (Lipinski definition) is 4. The zero-order chi connectivity index (χ0) is 19.1. The van der Waals surface area contributed by atoms with Crippen LogP contribution in [-0.2, 0) is 16.2 Å². The first-order valence-electron chi connectivity index (χ1n) is 9.02. The molecule has 3 rings (SSSR count). The maximum absolute atomic E-state index is 12.1. The Morgan fingerprint density at radius 1 is 1.00 bits per heavy atom. The van der Waals surface area contributed by atoms with Gasteiger partial charge in [-0.05, 0) is 30.0 Å². The van der Waals surface area contributed by atoms with Gasteiger partial charge in [0, 0.05) is 0 Å². The van der Waals surface area contributed by atoms with Gasteiger partial charge < -0.3 is 19.9 Å². The minimum absolute atomic E-state index is 0.264. The predicted octanol–water partition coefficient (Wildman–Crippen LogP) is 3.01. The van der Waals surface area contributed by atoms with Crippen LogP contribution in [0.3, 0.4) is 0 Å². The Morgan fingerprint density at radius 2 is 1.63 bits per heavy atom. The first-order valence-corrected chi connectivity index (χ1v) is 9.02. The average Bonchev–Trinajstić information content (AvgIpc) is 3.49. The summed E-state index contributed by atoms with van der Waals surface area (Å²) in [5.41, 5.74) is 1.02. The standard InChI is InChI=1S/C21H23NO5/c23-20(22-17(21(24)25)12-15-10-11-15)14-27-19-9-5-4-8-18(19)26-13-16-6-2-1-3-7-16/h1-9,15,17H,10-14H2,(H,22,23)(H,24,25). The van der Waals surface area contributed by atoms with Crippen LogP contribution in [0.15, 0.2) is 54.6 Å². The molecule has 6 nitrogen and oxygen atoms in total. The second-order valence-electron chi connectivity index (χ2n) is 6.65. The molecule has 6 heteroatoms. The number of carboxylic acid groups (broad SMARTS) is 1. The largest absolute Gasteiger partial charge is 0.485 e. The number of rotatable bonds is 10. The van der Waals surface area contributed by atoms with Gasteiger partial charge in [0.1, 0.15) is 12.6 Å². The van der Waals surface area contributed by atoms with Crippen LogP contribution in [0.5, 0.6) is 11.5 Å². The molecule has 27 heavy (non-hydrogen) atoms. The number of para-hydroxylation sites is 2. The zero-order valence-corrected chi connectivity index (χ0v) is 15.0. The van der Waals surface area contributed by atoms with Crippen molar-refractivity contribution in [1.29, 1.82) is 0 Å². The SMILES string of the molecule is O=C(COc1ccccc1OCc1ccccc1)NC(CC1CC1)C(=O)O. The number of carbonyl (C=O) groups is 2. The fraction of sp³-hybridized carbons (Fsp3) is 0.333. The minimum atomic E-state index is -1.01. The third-order valence-corrected chi connectivity index (χ3v) is 4.34. The van der Waals surface area contributed by atoms with E-state index in [4.69, 9.17) is 9.47 Å². The third kappa shape index (κ3) is 6.02. The van der Waals surface area contributed by atoms with Crippen molar-refractivity contribution in [3.05, 3.63) is 60.2 Å². The van der Waals surface area contributed by atoms with E-state index in [1.807, 2.05) is 36.4 Å². The number of carbonyl (C=O) groups excluding carboxylic acids is 1. The van der Waals surface area contributed by atoms with Crippen molar-refractivity contribution in [2.24, 2.45) is 5.92 Å². The Hall–Kier alpha value is -3.02. The molecule has 142 valence electrons. The Kier molecular flexibility index (Phi) is 6.30. The van der Waals surface area contributed by atoms with Gasteiger partial charge in [-0.1, -0.05) is 55.3 Å². The van der Waals surface area contributed by atoms with Gasteiger partial charge in [-0.3, -0.25) is 4.79 Å². The van der Waals surface area contributed by atoms with Crippen LogP contribution < -0.4 is 14.8 Å². The average molecular weight is 369 g/mol. The molecule has 0 saturated heterocycles. The summed E-state index contributed by atoms with van der Waals surface area (Å²) in [5, 5.41) is 11.8. The highest BCUT2D eigenvalue weighted by Crippen LogP contribution is 2.33. The number of nitrogens with one attached hydrogen (secondary N) is 1. The summed E-state index contributed by atoms with van der Waals surface area (Å²) in [6, 6.07) is 16.0.